The lowest BCUT2D eigenvalue weighted by molar-refractivity contribution is -0.137. The van der Waals surface area contributed by atoms with Gasteiger partial charge in [0.2, 0.25) is 5.91 Å². The summed E-state index contributed by atoms with van der Waals surface area (Å²) in [6.45, 7) is 6.61. The molecule has 1 amide bonds. The molecule has 1 rings (SSSR count). The summed E-state index contributed by atoms with van der Waals surface area (Å²) in [5, 5.41) is 12.1. The van der Waals surface area contributed by atoms with E-state index < -0.39 is 11.9 Å². The highest BCUT2D eigenvalue weighted by atomic mass is 35.5. The predicted octanol–water partition coefficient (Wildman–Crippen LogP) is 2.96. The Morgan fingerprint density at radius 1 is 1.50 bits per heavy atom. The van der Waals surface area contributed by atoms with Crippen molar-refractivity contribution < 1.29 is 14.7 Å². The van der Waals surface area contributed by atoms with Crippen molar-refractivity contribution in [3.05, 3.63) is 40.9 Å². The summed E-state index contributed by atoms with van der Waals surface area (Å²) >= 11 is 6.03. The van der Waals surface area contributed by atoms with Crippen LogP contribution in [0.4, 0.5) is 5.69 Å². The molecule has 4 nitrogen and oxygen atoms in total. The van der Waals surface area contributed by atoms with Gasteiger partial charge in [0, 0.05) is 17.6 Å². The quantitative estimate of drug-likeness (QED) is 0.824. The first-order valence-electron chi connectivity index (χ1n) is 5.29. The first kappa shape index (κ1) is 14.3. The molecule has 1 unspecified atom stereocenters. The van der Waals surface area contributed by atoms with Crippen molar-refractivity contribution in [2.24, 2.45) is 0 Å². The van der Waals surface area contributed by atoms with Crippen LogP contribution in [0.15, 0.2) is 24.8 Å². The Bertz CT molecular complexity index is 511. The Labute approximate surface area is 110 Å². The molecule has 5 heteroatoms. The predicted molar refractivity (Wildman–Crippen MR) is 71.1 cm³/mol. The molecule has 1 atom stereocenters. The van der Waals surface area contributed by atoms with Crippen LogP contribution in [0.3, 0.4) is 0 Å². The summed E-state index contributed by atoms with van der Waals surface area (Å²) in [6, 6.07) is 3.19. The van der Waals surface area contributed by atoms with E-state index in [1.165, 1.54) is 13.0 Å². The second-order valence-corrected chi connectivity index (χ2v) is 4.31. The van der Waals surface area contributed by atoms with Crippen molar-refractivity contribution in [1.29, 1.82) is 0 Å². The highest BCUT2D eigenvalue weighted by Gasteiger charge is 2.20. The van der Waals surface area contributed by atoms with E-state index in [0.717, 1.165) is 0 Å². The maximum atomic E-state index is 11.1. The molecule has 1 aromatic carbocycles. The average Bonchev–Trinajstić information content (AvgIpc) is 2.24. The van der Waals surface area contributed by atoms with E-state index in [0.29, 0.717) is 21.8 Å². The van der Waals surface area contributed by atoms with E-state index in [-0.39, 0.29) is 5.91 Å². The Morgan fingerprint density at radius 2 is 2.11 bits per heavy atom. The van der Waals surface area contributed by atoms with E-state index >= 15 is 0 Å². The molecular formula is C13H14ClNO3. The molecule has 0 aliphatic heterocycles. The van der Waals surface area contributed by atoms with Crippen molar-refractivity contribution in [3.8, 4) is 0 Å². The van der Waals surface area contributed by atoms with Crippen molar-refractivity contribution in [2.75, 3.05) is 5.32 Å². The number of aliphatic carboxylic acids is 1. The van der Waals surface area contributed by atoms with Crippen molar-refractivity contribution in [3.63, 3.8) is 0 Å². The molecule has 0 saturated carbocycles. The average molecular weight is 268 g/mol. The molecular weight excluding hydrogens is 254 g/mol. The molecule has 2 N–H and O–H groups in total. The Kier molecular flexibility index (Phi) is 4.50. The first-order chi connectivity index (χ1) is 8.36. The van der Waals surface area contributed by atoms with Crippen molar-refractivity contribution >= 4 is 29.2 Å². The van der Waals surface area contributed by atoms with Crippen LogP contribution in [0.1, 0.15) is 24.0 Å². The lowest BCUT2D eigenvalue weighted by atomic mass is 9.94. The summed E-state index contributed by atoms with van der Waals surface area (Å²) in [5.41, 5.74) is 1.66. The molecule has 96 valence electrons. The molecule has 0 radical (unpaired) electrons. The molecule has 0 aliphatic rings. The number of carboxylic acid groups (broad SMARTS) is 1. The topological polar surface area (TPSA) is 66.4 Å². The molecule has 0 bridgehead atoms. The van der Waals surface area contributed by atoms with Gasteiger partial charge < -0.3 is 10.4 Å². The van der Waals surface area contributed by atoms with Crippen LogP contribution in [0.25, 0.3) is 0 Å². The number of halogens is 1. The Balaban J connectivity index is 3.33. The van der Waals surface area contributed by atoms with Crippen molar-refractivity contribution in [2.45, 2.75) is 19.8 Å². The lowest BCUT2D eigenvalue weighted by Crippen LogP contribution is -2.12. The van der Waals surface area contributed by atoms with Gasteiger partial charge in [-0.1, -0.05) is 17.7 Å². The van der Waals surface area contributed by atoms with Crippen LogP contribution in [-0.4, -0.2) is 17.0 Å². The largest absolute Gasteiger partial charge is 0.481 e. The van der Waals surface area contributed by atoms with Crippen LogP contribution >= 0.6 is 11.6 Å². The Hall–Kier alpha value is -1.81. The van der Waals surface area contributed by atoms with Gasteiger partial charge in [0.25, 0.3) is 0 Å². The van der Waals surface area contributed by atoms with Crippen LogP contribution in [-0.2, 0) is 9.59 Å². The first-order valence-corrected chi connectivity index (χ1v) is 5.67. The molecule has 0 aliphatic carbocycles. The standard InChI is InChI=1S/C13H14ClNO3/c1-4-10(13(17)18)11-5-9(15-8(3)16)6-12(14)7(11)2/h4-6,10H,1H2,2-3H3,(H,15,16)(H,17,18). The second kappa shape index (κ2) is 5.69. The normalized spacial score (nSPS) is 11.7. The summed E-state index contributed by atoms with van der Waals surface area (Å²) in [5.74, 6) is -2.10. The van der Waals surface area contributed by atoms with Gasteiger partial charge >= 0.3 is 5.97 Å². The summed E-state index contributed by atoms with van der Waals surface area (Å²) in [6.07, 6.45) is 1.33. The fourth-order valence-corrected chi connectivity index (χ4v) is 1.89. The monoisotopic (exact) mass is 267 g/mol. The zero-order valence-corrected chi connectivity index (χ0v) is 10.9. The fourth-order valence-electron chi connectivity index (χ4n) is 1.66. The van der Waals surface area contributed by atoms with Gasteiger partial charge in [-0.05, 0) is 30.2 Å². The molecule has 0 aromatic heterocycles. The number of anilines is 1. The van der Waals surface area contributed by atoms with Crippen LogP contribution < -0.4 is 5.32 Å². The number of carboxylic acids is 1. The molecule has 0 spiro atoms. The van der Waals surface area contributed by atoms with E-state index in [4.69, 9.17) is 16.7 Å². The van der Waals surface area contributed by atoms with Crippen LogP contribution in [0.2, 0.25) is 5.02 Å². The SMILES string of the molecule is C=CC(C(=O)O)c1cc(NC(C)=O)cc(Cl)c1C. The smallest absolute Gasteiger partial charge is 0.314 e. The van der Waals surface area contributed by atoms with Gasteiger partial charge in [-0.3, -0.25) is 9.59 Å². The number of amides is 1. The van der Waals surface area contributed by atoms with E-state index in [2.05, 4.69) is 11.9 Å². The number of rotatable bonds is 4. The number of benzene rings is 1. The zero-order chi connectivity index (χ0) is 13.9. The van der Waals surface area contributed by atoms with Crippen molar-refractivity contribution in [1.82, 2.24) is 0 Å². The maximum absolute atomic E-state index is 11.1. The van der Waals surface area contributed by atoms with Crippen LogP contribution in [0, 0.1) is 6.92 Å². The van der Waals surface area contributed by atoms with Gasteiger partial charge in [0.15, 0.2) is 0 Å². The number of nitrogens with one attached hydrogen (secondary N) is 1. The Morgan fingerprint density at radius 3 is 2.56 bits per heavy atom. The van der Waals surface area contributed by atoms with Gasteiger partial charge in [-0.15, -0.1) is 6.58 Å². The number of carbonyl (C=O) groups excluding carboxylic acids is 1. The second-order valence-electron chi connectivity index (χ2n) is 3.91. The minimum Gasteiger partial charge on any atom is -0.481 e. The fraction of sp³-hybridized carbons (Fsp3) is 0.231. The third-order valence-corrected chi connectivity index (χ3v) is 2.93. The third-order valence-electron chi connectivity index (χ3n) is 2.54. The molecule has 0 saturated heterocycles. The highest BCUT2D eigenvalue weighted by molar-refractivity contribution is 6.31. The highest BCUT2D eigenvalue weighted by Crippen LogP contribution is 2.30. The third kappa shape index (κ3) is 3.11. The maximum Gasteiger partial charge on any atom is 0.314 e. The van der Waals surface area contributed by atoms with Gasteiger partial charge in [-0.2, -0.15) is 0 Å². The van der Waals surface area contributed by atoms with E-state index in [1.807, 2.05) is 0 Å². The zero-order valence-electron chi connectivity index (χ0n) is 10.2. The number of hydrogen-bond donors (Lipinski definition) is 2. The number of carbonyl (C=O) groups is 2. The van der Waals surface area contributed by atoms with Gasteiger partial charge in [0.05, 0.1) is 5.92 Å². The molecule has 0 fully saturated rings. The summed E-state index contributed by atoms with van der Waals surface area (Å²) in [7, 11) is 0. The lowest BCUT2D eigenvalue weighted by Gasteiger charge is -2.15. The van der Waals surface area contributed by atoms with Gasteiger partial charge in [0.1, 0.15) is 0 Å². The summed E-state index contributed by atoms with van der Waals surface area (Å²) in [4.78, 5) is 22.1. The van der Waals surface area contributed by atoms with Crippen LogP contribution in [0.5, 0.6) is 0 Å². The minimum atomic E-state index is -1.01. The molecule has 18 heavy (non-hydrogen) atoms. The molecule has 1 aromatic rings. The number of hydrogen-bond acceptors (Lipinski definition) is 2. The summed E-state index contributed by atoms with van der Waals surface area (Å²) < 4.78 is 0. The van der Waals surface area contributed by atoms with E-state index in [1.54, 1.807) is 19.1 Å². The molecule has 0 heterocycles. The van der Waals surface area contributed by atoms with E-state index in [9.17, 15) is 9.59 Å². The van der Waals surface area contributed by atoms with Gasteiger partial charge in [-0.25, -0.2) is 0 Å². The minimum absolute atomic E-state index is 0.244.